The Hall–Kier alpha value is -2.37. The topological polar surface area (TPSA) is 117 Å². The predicted molar refractivity (Wildman–Crippen MR) is 129 cm³/mol. The van der Waals surface area contributed by atoms with Crippen molar-refractivity contribution < 1.29 is 32.3 Å². The number of carbonyl (C=O) groups is 1. The highest BCUT2D eigenvalue weighted by molar-refractivity contribution is 7.93. The van der Waals surface area contributed by atoms with Crippen LogP contribution in [0.3, 0.4) is 0 Å². The Morgan fingerprint density at radius 1 is 1.06 bits per heavy atom. The van der Waals surface area contributed by atoms with Crippen molar-refractivity contribution in [3.63, 3.8) is 0 Å². The third-order valence-electron chi connectivity index (χ3n) is 5.75. The number of nitrogens with two attached hydrogens (primary N) is 1. The van der Waals surface area contributed by atoms with E-state index in [1.54, 1.807) is 24.3 Å². The first-order valence-corrected chi connectivity index (χ1v) is 12.1. The van der Waals surface area contributed by atoms with Crippen molar-refractivity contribution in [1.82, 2.24) is 4.90 Å². The monoisotopic (exact) mass is 514 g/mol. The lowest BCUT2D eigenvalue weighted by Crippen LogP contribution is -2.47. The highest BCUT2D eigenvalue weighted by Crippen LogP contribution is 2.32. The van der Waals surface area contributed by atoms with Crippen molar-refractivity contribution in [2.75, 3.05) is 46.6 Å². The largest absolute Gasteiger partial charge is 0.497 e. The van der Waals surface area contributed by atoms with Crippen molar-refractivity contribution in [2.24, 2.45) is 5.90 Å². The molecule has 0 aliphatic carbocycles. The molecule has 0 aromatic heterocycles. The number of sulfone groups is 1. The van der Waals surface area contributed by atoms with Crippen LogP contribution in [0.1, 0.15) is 12.5 Å². The molecule has 11 heteroatoms. The number of hydrogen-bond donors (Lipinski definition) is 1. The van der Waals surface area contributed by atoms with Crippen LogP contribution in [-0.4, -0.2) is 70.6 Å². The number of halogens is 1. The van der Waals surface area contributed by atoms with Crippen molar-refractivity contribution in [1.29, 1.82) is 0 Å². The molecule has 1 saturated heterocycles. The van der Waals surface area contributed by atoms with Crippen molar-refractivity contribution >= 4 is 28.2 Å². The van der Waals surface area contributed by atoms with Gasteiger partial charge in [0, 0.05) is 26.1 Å². The van der Waals surface area contributed by atoms with Crippen LogP contribution in [0.25, 0.3) is 0 Å². The molecule has 0 radical (unpaired) electrons. The summed E-state index contributed by atoms with van der Waals surface area (Å²) in [6, 6.07) is 12.8. The predicted octanol–water partition coefficient (Wildman–Crippen LogP) is 2.02. The molecule has 2 aromatic rings. The molecule has 3 rings (SSSR count). The summed E-state index contributed by atoms with van der Waals surface area (Å²) in [5.74, 6) is 5.23. The Morgan fingerprint density at radius 2 is 1.65 bits per heavy atom. The molecule has 188 valence electrons. The van der Waals surface area contributed by atoms with Gasteiger partial charge in [0.2, 0.25) is 0 Å². The minimum Gasteiger partial charge on any atom is -0.497 e. The number of ether oxygens (including phenoxy) is 3. The van der Waals surface area contributed by atoms with Gasteiger partial charge in [-0.15, -0.1) is 12.4 Å². The van der Waals surface area contributed by atoms with Crippen molar-refractivity contribution in [3.8, 4) is 11.5 Å². The number of rotatable bonds is 10. The Bertz CT molecular complexity index is 1030. The Morgan fingerprint density at radius 3 is 2.21 bits per heavy atom. The molecule has 2 N–H and O–H groups in total. The molecule has 1 aliphatic rings. The van der Waals surface area contributed by atoms with E-state index < -0.39 is 20.6 Å². The number of morpholine rings is 1. The molecule has 0 amide bonds. The Balaban J connectivity index is 0.00000408. The third-order valence-corrected chi connectivity index (χ3v) is 8.14. The molecule has 34 heavy (non-hydrogen) atoms. The van der Waals surface area contributed by atoms with Crippen LogP contribution in [0.15, 0.2) is 53.4 Å². The maximum atomic E-state index is 13.4. The second-order valence-electron chi connectivity index (χ2n) is 7.94. The number of benzene rings is 2. The zero-order valence-electron chi connectivity index (χ0n) is 19.3. The highest BCUT2D eigenvalue weighted by atomic mass is 35.5. The minimum atomic E-state index is -4.13. The summed E-state index contributed by atoms with van der Waals surface area (Å²) in [7, 11) is -2.65. The smallest absolute Gasteiger partial charge is 0.346 e. The quantitative estimate of drug-likeness (QED) is 0.475. The normalized spacial score (nSPS) is 16.1. The number of nitrogens with zero attached hydrogens (tertiary/aromatic N) is 1. The molecule has 0 spiro atoms. The highest BCUT2D eigenvalue weighted by Gasteiger charge is 2.48. The fourth-order valence-electron chi connectivity index (χ4n) is 3.63. The molecule has 1 atom stereocenters. The number of hydrogen-bond acceptors (Lipinski definition) is 9. The first kappa shape index (κ1) is 27.9. The van der Waals surface area contributed by atoms with Gasteiger partial charge in [-0.1, -0.05) is 12.1 Å². The zero-order valence-corrected chi connectivity index (χ0v) is 20.9. The van der Waals surface area contributed by atoms with E-state index in [2.05, 4.69) is 9.74 Å². The molecular weight excluding hydrogens is 484 g/mol. The molecule has 1 aliphatic heterocycles. The summed E-state index contributed by atoms with van der Waals surface area (Å²) < 4.78 is 41.1. The van der Waals surface area contributed by atoms with E-state index in [0.29, 0.717) is 23.7 Å². The van der Waals surface area contributed by atoms with Crippen LogP contribution >= 0.6 is 12.4 Å². The third kappa shape index (κ3) is 6.39. The fourth-order valence-corrected chi connectivity index (χ4v) is 5.27. The van der Waals surface area contributed by atoms with Crippen LogP contribution in [0.2, 0.25) is 0 Å². The second-order valence-corrected chi connectivity index (χ2v) is 10.3. The first-order valence-electron chi connectivity index (χ1n) is 10.6. The average Bonchev–Trinajstić information content (AvgIpc) is 2.85. The van der Waals surface area contributed by atoms with Gasteiger partial charge in [-0.3, -0.25) is 4.90 Å². The van der Waals surface area contributed by atoms with Gasteiger partial charge in [-0.2, -0.15) is 5.90 Å². The van der Waals surface area contributed by atoms with Crippen LogP contribution in [0.4, 0.5) is 0 Å². The lowest BCUT2D eigenvalue weighted by molar-refractivity contribution is -0.146. The van der Waals surface area contributed by atoms with Gasteiger partial charge < -0.3 is 19.0 Å². The first-order chi connectivity index (χ1) is 15.8. The Kier molecular flexibility index (Phi) is 10.1. The molecule has 1 unspecified atom stereocenters. The summed E-state index contributed by atoms with van der Waals surface area (Å²) >= 11 is 0. The van der Waals surface area contributed by atoms with Crippen molar-refractivity contribution in [3.05, 3.63) is 54.1 Å². The number of carbonyl (C=O) groups excluding carboxylic acids is 1. The van der Waals surface area contributed by atoms with E-state index in [0.717, 1.165) is 32.8 Å². The van der Waals surface area contributed by atoms with Gasteiger partial charge >= 0.3 is 5.97 Å². The van der Waals surface area contributed by atoms with Crippen molar-refractivity contribution in [2.45, 2.75) is 23.0 Å². The molecule has 1 fully saturated rings. The van der Waals surface area contributed by atoms with Crippen LogP contribution in [0, 0.1) is 0 Å². The van der Waals surface area contributed by atoms with E-state index in [-0.39, 0.29) is 23.7 Å². The summed E-state index contributed by atoms with van der Waals surface area (Å²) in [5, 5.41) is 0. The standard InChI is InChI=1S/C23H30N2O7S.ClH/c1-23(22(26)32-24,33(27,28)21-9-7-19(29-2)8-10-21)17-18-3-5-20(6-4-18)31-16-13-25-11-14-30-15-12-25;/h3-10H,11-17,24H2,1-2H3;1H. The summed E-state index contributed by atoms with van der Waals surface area (Å²) in [5.41, 5.74) is 0.625. The summed E-state index contributed by atoms with van der Waals surface area (Å²) in [4.78, 5) is 19.2. The van der Waals surface area contributed by atoms with Crippen LogP contribution in [0.5, 0.6) is 11.5 Å². The Labute approximate surface area is 206 Å². The van der Waals surface area contributed by atoms with E-state index in [4.69, 9.17) is 20.1 Å². The van der Waals surface area contributed by atoms with Gasteiger partial charge in [0.1, 0.15) is 18.1 Å². The molecule has 9 nitrogen and oxygen atoms in total. The van der Waals surface area contributed by atoms with Crippen LogP contribution in [-0.2, 0) is 30.6 Å². The van der Waals surface area contributed by atoms with Gasteiger partial charge in [0.15, 0.2) is 14.6 Å². The van der Waals surface area contributed by atoms with E-state index in [9.17, 15) is 13.2 Å². The lowest BCUT2D eigenvalue weighted by Gasteiger charge is -2.27. The van der Waals surface area contributed by atoms with E-state index in [1.807, 2.05) is 0 Å². The molecule has 0 bridgehead atoms. The second kappa shape index (κ2) is 12.4. The summed E-state index contributed by atoms with van der Waals surface area (Å²) in [6.45, 7) is 5.89. The van der Waals surface area contributed by atoms with E-state index >= 15 is 0 Å². The SMILES string of the molecule is COc1ccc(S(=O)(=O)C(C)(Cc2ccc(OCCN3CCOCC3)cc2)C(=O)ON)cc1.Cl. The van der Waals surface area contributed by atoms with Gasteiger partial charge in [0.25, 0.3) is 0 Å². The van der Waals surface area contributed by atoms with Gasteiger partial charge in [-0.05, 0) is 48.9 Å². The molecule has 0 saturated carbocycles. The fraction of sp³-hybridized carbons (Fsp3) is 0.435. The maximum Gasteiger partial charge on any atom is 0.346 e. The molecular formula is C23H31ClN2O7S. The summed E-state index contributed by atoms with van der Waals surface area (Å²) in [6.07, 6.45) is -0.120. The lowest BCUT2D eigenvalue weighted by atomic mass is 10.0. The van der Waals surface area contributed by atoms with Crippen LogP contribution < -0.4 is 15.4 Å². The molecule has 2 aromatic carbocycles. The zero-order chi connectivity index (χ0) is 23.9. The van der Waals surface area contributed by atoms with Gasteiger partial charge in [-0.25, -0.2) is 13.2 Å². The number of methoxy groups -OCH3 is 1. The molecule has 1 heterocycles. The average molecular weight is 515 g/mol. The minimum absolute atomic E-state index is 0. The van der Waals surface area contributed by atoms with Gasteiger partial charge in [0.05, 0.1) is 25.2 Å². The maximum absolute atomic E-state index is 13.4. The van der Waals surface area contributed by atoms with E-state index in [1.165, 1.54) is 38.3 Å².